The van der Waals surface area contributed by atoms with Gasteiger partial charge in [0, 0.05) is 11.9 Å². The van der Waals surface area contributed by atoms with E-state index in [-0.39, 0.29) is 16.5 Å². The van der Waals surface area contributed by atoms with Gasteiger partial charge in [0.05, 0.1) is 13.1 Å². The van der Waals surface area contributed by atoms with Crippen LogP contribution in [0.4, 0.5) is 18.9 Å². The van der Waals surface area contributed by atoms with E-state index < -0.39 is 6.36 Å². The third-order valence-corrected chi connectivity index (χ3v) is 2.53. The molecular weight excluding hydrogens is 405 g/mol. The number of amidine groups is 1. The van der Waals surface area contributed by atoms with Crippen molar-refractivity contribution in [1.29, 1.82) is 0 Å². The Hall–Kier alpha value is -2.56. The van der Waals surface area contributed by atoms with E-state index in [2.05, 4.69) is 41.0 Å². The minimum absolute atomic E-state index is 0.0883. The Morgan fingerprint density at radius 3 is 2.48 bits per heavy atom. The van der Waals surface area contributed by atoms with Gasteiger partial charge in [-0.05, 0) is 52.5 Å². The number of nitrogens with zero attached hydrogens (tertiary/aromatic N) is 3. The van der Waals surface area contributed by atoms with Gasteiger partial charge in [-0.2, -0.15) is 4.99 Å². The van der Waals surface area contributed by atoms with Crippen LogP contribution in [0.2, 0.25) is 0 Å². The first kappa shape index (κ1) is 20.5. The largest absolute Gasteiger partial charge is 0.573 e. The van der Waals surface area contributed by atoms with Gasteiger partial charge in [0.2, 0.25) is 5.96 Å². The predicted octanol–water partition coefficient (Wildman–Crippen LogP) is 2.61. The summed E-state index contributed by atoms with van der Waals surface area (Å²) >= 11 is 2.99. The highest BCUT2D eigenvalue weighted by Crippen LogP contribution is 2.23. The summed E-state index contributed by atoms with van der Waals surface area (Å²) < 4.78 is 40.3. The summed E-state index contributed by atoms with van der Waals surface area (Å²) in [4.78, 5) is 12.1. The summed E-state index contributed by atoms with van der Waals surface area (Å²) in [5.41, 5.74) is 11.1. The fourth-order valence-electron chi connectivity index (χ4n) is 1.47. The monoisotopic (exact) mass is 420 g/mol. The Labute approximate surface area is 150 Å². The number of rotatable bonds is 6. The third kappa shape index (κ3) is 10.0. The van der Waals surface area contributed by atoms with E-state index in [1.54, 1.807) is 6.08 Å². The lowest BCUT2D eigenvalue weighted by atomic mass is 10.3. The fourth-order valence-corrected chi connectivity index (χ4v) is 1.64. The van der Waals surface area contributed by atoms with Crippen LogP contribution in [-0.4, -0.2) is 36.4 Å². The number of halogens is 4. The lowest BCUT2D eigenvalue weighted by molar-refractivity contribution is -0.274. The van der Waals surface area contributed by atoms with Crippen LogP contribution < -0.4 is 21.5 Å². The Morgan fingerprint density at radius 2 is 1.92 bits per heavy atom. The van der Waals surface area contributed by atoms with Gasteiger partial charge in [0.25, 0.3) is 0 Å². The van der Waals surface area contributed by atoms with Crippen molar-refractivity contribution in [3.8, 4) is 5.75 Å². The highest BCUT2D eigenvalue weighted by atomic mass is 79.9. The average molecular weight is 421 g/mol. The van der Waals surface area contributed by atoms with Crippen molar-refractivity contribution < 1.29 is 17.9 Å². The summed E-state index contributed by atoms with van der Waals surface area (Å²) in [6, 6.07) is 5.11. The normalized spacial score (nSPS) is 13.6. The van der Waals surface area contributed by atoms with Gasteiger partial charge in [-0.15, -0.1) is 13.2 Å². The Morgan fingerprint density at radius 1 is 1.24 bits per heavy atom. The van der Waals surface area contributed by atoms with Crippen molar-refractivity contribution in [1.82, 2.24) is 0 Å². The number of aliphatic imine (C=N–C) groups is 3. The highest BCUT2D eigenvalue weighted by molar-refractivity contribution is 9.18. The van der Waals surface area contributed by atoms with Crippen molar-refractivity contribution >= 4 is 38.5 Å². The maximum atomic E-state index is 12.1. The second-order valence-electron chi connectivity index (χ2n) is 4.28. The highest BCUT2D eigenvalue weighted by Gasteiger charge is 2.30. The third-order valence-electron chi connectivity index (χ3n) is 2.35. The maximum absolute atomic E-state index is 12.1. The van der Waals surface area contributed by atoms with Crippen LogP contribution in [0.1, 0.15) is 0 Å². The number of hydrogen-bond donors (Lipinski definition) is 3. The minimum atomic E-state index is -4.74. The smallest absolute Gasteiger partial charge is 0.406 e. The van der Waals surface area contributed by atoms with E-state index in [9.17, 15) is 13.2 Å². The number of anilines is 1. The molecule has 0 amide bonds. The van der Waals surface area contributed by atoms with Gasteiger partial charge < -0.3 is 21.5 Å². The standard InChI is InChI=1S/C14H16BrF3N6O/c15-12(20)24-13(22-9-8-21-7-1-6-19)23-10-2-4-11(5-3-10)25-14(16,17)18/h1-7H,8-9,19H2,(H3,20,22,23,24). The molecule has 136 valence electrons. The number of guanidine groups is 1. The van der Waals surface area contributed by atoms with Crippen molar-refractivity contribution in [2.24, 2.45) is 26.4 Å². The average Bonchev–Trinajstić information content (AvgIpc) is 2.50. The molecule has 0 aliphatic carbocycles. The molecule has 0 saturated heterocycles. The number of nitrogens with two attached hydrogens (primary N) is 2. The van der Waals surface area contributed by atoms with Crippen LogP contribution in [0.15, 0.2) is 51.5 Å². The van der Waals surface area contributed by atoms with E-state index in [1.807, 2.05) is 0 Å². The van der Waals surface area contributed by atoms with Gasteiger partial charge in [-0.1, -0.05) is 0 Å². The van der Waals surface area contributed by atoms with Gasteiger partial charge in [0.1, 0.15) is 5.75 Å². The molecule has 25 heavy (non-hydrogen) atoms. The van der Waals surface area contributed by atoms with Gasteiger partial charge in [0.15, 0.2) is 4.74 Å². The molecule has 0 unspecified atom stereocenters. The van der Waals surface area contributed by atoms with E-state index in [0.717, 1.165) is 12.1 Å². The fraction of sp³-hybridized carbons (Fsp3) is 0.214. The molecule has 0 spiro atoms. The van der Waals surface area contributed by atoms with Gasteiger partial charge >= 0.3 is 6.36 Å². The molecule has 0 bridgehead atoms. The van der Waals surface area contributed by atoms with Crippen molar-refractivity contribution in [3.63, 3.8) is 0 Å². The lowest BCUT2D eigenvalue weighted by Gasteiger charge is -2.10. The second-order valence-corrected chi connectivity index (χ2v) is 5.09. The summed E-state index contributed by atoms with van der Waals surface area (Å²) in [6.45, 7) is 0.710. The molecule has 1 aromatic carbocycles. The molecule has 0 aromatic heterocycles. The number of nitrogens with one attached hydrogen (secondary N) is 1. The van der Waals surface area contributed by atoms with Crippen LogP contribution >= 0.6 is 15.9 Å². The van der Waals surface area contributed by atoms with Gasteiger partial charge in [-0.25, -0.2) is 4.99 Å². The molecule has 0 atom stereocenters. The molecule has 5 N–H and O–H groups in total. The van der Waals surface area contributed by atoms with Crippen LogP contribution in [0.5, 0.6) is 5.75 Å². The Bertz CT molecular complexity index is 652. The summed E-state index contributed by atoms with van der Waals surface area (Å²) in [5.74, 6) is -0.161. The zero-order chi connectivity index (χ0) is 18.7. The lowest BCUT2D eigenvalue weighted by Crippen LogP contribution is -2.17. The first-order valence-corrected chi connectivity index (χ1v) is 7.63. The van der Waals surface area contributed by atoms with E-state index in [4.69, 9.17) is 11.5 Å². The molecule has 0 radical (unpaired) electrons. The first-order chi connectivity index (χ1) is 11.8. The zero-order valence-electron chi connectivity index (χ0n) is 12.9. The zero-order valence-corrected chi connectivity index (χ0v) is 14.5. The van der Waals surface area contributed by atoms with Crippen LogP contribution in [-0.2, 0) is 0 Å². The summed E-state index contributed by atoms with van der Waals surface area (Å²) in [7, 11) is 0. The van der Waals surface area contributed by atoms with E-state index in [1.165, 1.54) is 24.5 Å². The predicted molar refractivity (Wildman–Crippen MR) is 96.3 cm³/mol. The number of ether oxygens (including phenoxy) is 1. The first-order valence-electron chi connectivity index (χ1n) is 6.84. The Balaban J connectivity index is 2.73. The molecule has 0 aliphatic heterocycles. The molecule has 0 aliphatic rings. The number of allylic oxidation sites excluding steroid dienone is 1. The molecule has 0 fully saturated rings. The van der Waals surface area contributed by atoms with E-state index in [0.29, 0.717) is 18.8 Å². The quantitative estimate of drug-likeness (QED) is 0.284. The molecule has 11 heteroatoms. The maximum Gasteiger partial charge on any atom is 0.573 e. The molecule has 0 heterocycles. The second kappa shape index (κ2) is 10.3. The summed E-state index contributed by atoms with van der Waals surface area (Å²) in [6.07, 6.45) is -0.288. The van der Waals surface area contributed by atoms with E-state index >= 15 is 0 Å². The minimum Gasteiger partial charge on any atom is -0.406 e. The molecular formula is C14H16BrF3N6O. The van der Waals surface area contributed by atoms with Crippen molar-refractivity contribution in [2.75, 3.05) is 18.4 Å². The molecule has 7 nitrogen and oxygen atoms in total. The SMILES string of the molecule is NC=CC=NCCN=C(N=C(N)Br)Nc1ccc(OC(F)(F)F)cc1. The number of alkyl halides is 3. The molecule has 1 aromatic rings. The van der Waals surface area contributed by atoms with Crippen LogP contribution in [0, 0.1) is 0 Å². The van der Waals surface area contributed by atoms with Crippen molar-refractivity contribution in [3.05, 3.63) is 36.5 Å². The van der Waals surface area contributed by atoms with Gasteiger partial charge in [-0.3, -0.25) is 4.99 Å². The van der Waals surface area contributed by atoms with Crippen LogP contribution in [0.3, 0.4) is 0 Å². The Kier molecular flexibility index (Phi) is 8.47. The number of hydrogen-bond acceptors (Lipinski definition) is 4. The number of benzene rings is 1. The van der Waals surface area contributed by atoms with Crippen LogP contribution in [0.25, 0.3) is 0 Å². The molecule has 0 saturated carbocycles. The van der Waals surface area contributed by atoms with Crippen molar-refractivity contribution in [2.45, 2.75) is 6.36 Å². The topological polar surface area (TPSA) is 110 Å². The molecule has 1 rings (SSSR count). The summed E-state index contributed by atoms with van der Waals surface area (Å²) in [5, 5.41) is 2.83.